The molecule has 134 valence electrons. The standard InChI is InChI=1S/C19H25N3O3/c1-24-16-8-6-15(7-9-16)18-17(21-14-25-18)19(23)20-10-13-22-11-4-2-3-5-12-22/h6-9,14H,2-5,10-13H2,1H3,(H,20,23). The predicted molar refractivity (Wildman–Crippen MR) is 95.7 cm³/mol. The van der Waals surface area contributed by atoms with E-state index in [4.69, 9.17) is 9.15 Å². The van der Waals surface area contributed by atoms with Crippen molar-refractivity contribution in [2.45, 2.75) is 25.7 Å². The van der Waals surface area contributed by atoms with Crippen LogP contribution in [0.4, 0.5) is 0 Å². The van der Waals surface area contributed by atoms with E-state index in [1.165, 1.54) is 32.1 Å². The van der Waals surface area contributed by atoms with Gasteiger partial charge in [0.25, 0.3) is 5.91 Å². The van der Waals surface area contributed by atoms with Crippen LogP contribution in [0.15, 0.2) is 35.1 Å². The molecule has 6 nitrogen and oxygen atoms in total. The number of hydrogen-bond donors (Lipinski definition) is 1. The number of carbonyl (C=O) groups is 1. The van der Waals surface area contributed by atoms with Gasteiger partial charge in [-0.05, 0) is 50.2 Å². The molecule has 1 N–H and O–H groups in total. The summed E-state index contributed by atoms with van der Waals surface area (Å²) < 4.78 is 10.6. The van der Waals surface area contributed by atoms with Crippen molar-refractivity contribution in [1.29, 1.82) is 0 Å². The van der Waals surface area contributed by atoms with Gasteiger partial charge in [0.2, 0.25) is 0 Å². The summed E-state index contributed by atoms with van der Waals surface area (Å²) in [6, 6.07) is 7.37. The number of benzene rings is 1. The van der Waals surface area contributed by atoms with Crippen molar-refractivity contribution in [3.05, 3.63) is 36.4 Å². The molecule has 1 aliphatic heterocycles. The largest absolute Gasteiger partial charge is 0.497 e. The number of hydrogen-bond acceptors (Lipinski definition) is 5. The highest BCUT2D eigenvalue weighted by molar-refractivity contribution is 5.97. The Bertz CT molecular complexity index is 673. The van der Waals surface area contributed by atoms with Crippen molar-refractivity contribution < 1.29 is 13.9 Å². The maximum atomic E-state index is 12.5. The van der Waals surface area contributed by atoms with Gasteiger partial charge in [-0.1, -0.05) is 12.8 Å². The molecule has 0 spiro atoms. The molecule has 25 heavy (non-hydrogen) atoms. The molecule has 0 unspecified atom stereocenters. The van der Waals surface area contributed by atoms with Crippen LogP contribution in [-0.2, 0) is 0 Å². The third kappa shape index (κ3) is 4.60. The molecule has 0 bridgehead atoms. The van der Waals surface area contributed by atoms with Crippen LogP contribution in [0.5, 0.6) is 5.75 Å². The van der Waals surface area contributed by atoms with Crippen LogP contribution in [0.25, 0.3) is 11.3 Å². The average molecular weight is 343 g/mol. The molecule has 1 fully saturated rings. The lowest BCUT2D eigenvalue weighted by Crippen LogP contribution is -2.35. The van der Waals surface area contributed by atoms with Gasteiger partial charge in [0.05, 0.1) is 7.11 Å². The van der Waals surface area contributed by atoms with E-state index in [2.05, 4.69) is 15.2 Å². The summed E-state index contributed by atoms with van der Waals surface area (Å²) in [5, 5.41) is 2.96. The van der Waals surface area contributed by atoms with Crippen molar-refractivity contribution in [1.82, 2.24) is 15.2 Å². The Balaban J connectivity index is 1.58. The van der Waals surface area contributed by atoms with Gasteiger partial charge >= 0.3 is 0 Å². The summed E-state index contributed by atoms with van der Waals surface area (Å²) in [6.45, 7) is 3.74. The summed E-state index contributed by atoms with van der Waals surface area (Å²) >= 11 is 0. The van der Waals surface area contributed by atoms with E-state index in [1.54, 1.807) is 7.11 Å². The Hall–Kier alpha value is -2.34. The molecule has 1 aromatic carbocycles. The van der Waals surface area contributed by atoms with Crippen molar-refractivity contribution in [3.8, 4) is 17.1 Å². The second-order valence-electron chi connectivity index (χ2n) is 6.27. The maximum Gasteiger partial charge on any atom is 0.273 e. The average Bonchev–Trinajstić information content (AvgIpc) is 2.99. The second kappa shape index (κ2) is 8.67. The van der Waals surface area contributed by atoms with E-state index in [1.807, 2.05) is 24.3 Å². The molecule has 0 aliphatic carbocycles. The fourth-order valence-electron chi connectivity index (χ4n) is 3.13. The number of methoxy groups -OCH3 is 1. The van der Waals surface area contributed by atoms with Crippen LogP contribution in [0.2, 0.25) is 0 Å². The summed E-state index contributed by atoms with van der Waals surface area (Å²) in [5.41, 5.74) is 1.12. The molecule has 1 aliphatic rings. The van der Waals surface area contributed by atoms with Gasteiger partial charge in [-0.15, -0.1) is 0 Å². The zero-order valence-electron chi connectivity index (χ0n) is 14.7. The lowest BCUT2D eigenvalue weighted by atomic mass is 10.1. The first kappa shape index (κ1) is 17.5. The zero-order chi connectivity index (χ0) is 17.5. The van der Waals surface area contributed by atoms with Gasteiger partial charge in [-0.2, -0.15) is 0 Å². The fourth-order valence-corrected chi connectivity index (χ4v) is 3.13. The number of carbonyl (C=O) groups excluding carboxylic acids is 1. The quantitative estimate of drug-likeness (QED) is 0.873. The van der Waals surface area contributed by atoms with Crippen molar-refractivity contribution >= 4 is 5.91 Å². The number of aromatic nitrogens is 1. The first-order chi connectivity index (χ1) is 12.3. The molecule has 0 radical (unpaired) electrons. The molecule has 3 rings (SSSR count). The minimum absolute atomic E-state index is 0.200. The van der Waals surface area contributed by atoms with Gasteiger partial charge in [0, 0.05) is 18.7 Å². The zero-order valence-corrected chi connectivity index (χ0v) is 14.7. The first-order valence-electron chi connectivity index (χ1n) is 8.86. The molecule has 1 aromatic heterocycles. The van der Waals surface area contributed by atoms with Crippen molar-refractivity contribution in [2.24, 2.45) is 0 Å². The van der Waals surface area contributed by atoms with Crippen LogP contribution >= 0.6 is 0 Å². The van der Waals surface area contributed by atoms with E-state index in [-0.39, 0.29) is 5.91 Å². The Morgan fingerprint density at radius 3 is 2.60 bits per heavy atom. The molecule has 2 heterocycles. The lowest BCUT2D eigenvalue weighted by Gasteiger charge is -2.19. The van der Waals surface area contributed by atoms with Gasteiger partial charge in [-0.3, -0.25) is 4.79 Å². The van der Waals surface area contributed by atoms with Crippen LogP contribution in [-0.4, -0.2) is 49.1 Å². The number of ether oxygens (including phenoxy) is 1. The summed E-state index contributed by atoms with van der Waals surface area (Å²) in [4.78, 5) is 19.0. The van der Waals surface area contributed by atoms with Crippen LogP contribution in [0.3, 0.4) is 0 Å². The summed E-state index contributed by atoms with van der Waals surface area (Å²) in [7, 11) is 1.62. The number of rotatable bonds is 6. The third-order valence-electron chi connectivity index (χ3n) is 4.55. The topological polar surface area (TPSA) is 67.6 Å². The molecule has 0 saturated carbocycles. The minimum Gasteiger partial charge on any atom is -0.497 e. The van der Waals surface area contributed by atoms with Gasteiger partial charge in [0.15, 0.2) is 17.8 Å². The van der Waals surface area contributed by atoms with E-state index in [9.17, 15) is 4.79 Å². The van der Waals surface area contributed by atoms with Crippen LogP contribution in [0, 0.1) is 0 Å². The fraction of sp³-hybridized carbons (Fsp3) is 0.474. The molecular weight excluding hydrogens is 318 g/mol. The highest BCUT2D eigenvalue weighted by Gasteiger charge is 2.18. The molecule has 2 aromatic rings. The Labute approximate surface area is 148 Å². The van der Waals surface area contributed by atoms with E-state index in [0.29, 0.717) is 18.0 Å². The number of oxazole rings is 1. The lowest BCUT2D eigenvalue weighted by molar-refractivity contribution is 0.0944. The predicted octanol–water partition coefficient (Wildman–Crippen LogP) is 2.96. The van der Waals surface area contributed by atoms with Gasteiger partial charge < -0.3 is 19.4 Å². The highest BCUT2D eigenvalue weighted by atomic mass is 16.5. The minimum atomic E-state index is -0.200. The SMILES string of the molecule is COc1ccc(-c2ocnc2C(=O)NCCN2CCCCCC2)cc1. The van der Waals surface area contributed by atoms with E-state index in [0.717, 1.165) is 30.9 Å². The Morgan fingerprint density at radius 2 is 1.92 bits per heavy atom. The molecule has 1 saturated heterocycles. The number of nitrogens with zero attached hydrogens (tertiary/aromatic N) is 2. The normalized spacial score (nSPS) is 15.6. The second-order valence-corrected chi connectivity index (χ2v) is 6.27. The number of nitrogens with one attached hydrogen (secondary N) is 1. The van der Waals surface area contributed by atoms with Crippen molar-refractivity contribution in [3.63, 3.8) is 0 Å². The Morgan fingerprint density at radius 1 is 1.20 bits per heavy atom. The van der Waals surface area contributed by atoms with E-state index >= 15 is 0 Å². The van der Waals surface area contributed by atoms with Crippen molar-refractivity contribution in [2.75, 3.05) is 33.3 Å². The monoisotopic (exact) mass is 343 g/mol. The first-order valence-corrected chi connectivity index (χ1v) is 8.86. The summed E-state index contributed by atoms with van der Waals surface area (Å²) in [6.07, 6.45) is 6.43. The highest BCUT2D eigenvalue weighted by Crippen LogP contribution is 2.25. The molecule has 1 amide bonds. The summed E-state index contributed by atoms with van der Waals surface area (Å²) in [5.74, 6) is 1.04. The molecular formula is C19H25N3O3. The van der Waals surface area contributed by atoms with Gasteiger partial charge in [0.1, 0.15) is 5.75 Å². The van der Waals surface area contributed by atoms with Crippen LogP contribution < -0.4 is 10.1 Å². The smallest absolute Gasteiger partial charge is 0.273 e. The Kier molecular flexibility index (Phi) is 6.06. The maximum absolute atomic E-state index is 12.5. The van der Waals surface area contributed by atoms with E-state index < -0.39 is 0 Å². The molecule has 6 heteroatoms. The van der Waals surface area contributed by atoms with Gasteiger partial charge in [-0.25, -0.2) is 4.98 Å². The number of likely N-dealkylation sites (tertiary alicyclic amines) is 1. The molecule has 0 atom stereocenters. The van der Waals surface area contributed by atoms with Crippen LogP contribution in [0.1, 0.15) is 36.2 Å². The number of amides is 1. The third-order valence-corrected chi connectivity index (χ3v) is 4.55.